The Morgan fingerprint density at radius 3 is 2.43 bits per heavy atom. The summed E-state index contributed by atoms with van der Waals surface area (Å²) >= 11 is 0. The Morgan fingerprint density at radius 2 is 1.93 bits per heavy atom. The number of rotatable bonds is 3. The molecule has 1 fully saturated rings. The zero-order valence-corrected chi connectivity index (χ0v) is 9.34. The molecular weight excluding hydrogens is 178 g/mol. The van der Waals surface area contributed by atoms with Crippen LogP contribution in [0, 0.1) is 0 Å². The van der Waals surface area contributed by atoms with E-state index in [0.717, 1.165) is 0 Å². The van der Waals surface area contributed by atoms with Crippen molar-refractivity contribution in [3.63, 3.8) is 0 Å². The highest BCUT2D eigenvalue weighted by atomic mass is 16.2. The summed E-state index contributed by atoms with van der Waals surface area (Å²) in [5.74, 6) is 0.0370. The molecule has 4 heteroatoms. The molecule has 4 nitrogen and oxygen atoms in total. The first-order valence-electron chi connectivity index (χ1n) is 5.37. The molecule has 0 aromatic heterocycles. The summed E-state index contributed by atoms with van der Waals surface area (Å²) in [7, 11) is 1.66. The van der Waals surface area contributed by atoms with Gasteiger partial charge in [0.05, 0.1) is 6.54 Å². The molecule has 0 aromatic carbocycles. The summed E-state index contributed by atoms with van der Waals surface area (Å²) in [6.07, 6.45) is 3.72. The van der Waals surface area contributed by atoms with Crippen molar-refractivity contribution in [3.05, 3.63) is 0 Å². The van der Waals surface area contributed by atoms with E-state index in [1.165, 1.54) is 19.3 Å². The molecule has 0 radical (unpaired) electrons. The number of carbonyl (C=O) groups excluding carboxylic acids is 1. The van der Waals surface area contributed by atoms with Gasteiger partial charge in [-0.2, -0.15) is 0 Å². The van der Waals surface area contributed by atoms with E-state index in [4.69, 9.17) is 0 Å². The second kappa shape index (κ2) is 5.32. The standard InChI is InChI=1S/C10H21N3O/c1-8-5-4-6-9(2)13(8)12-7-10(14)11-3/h8-9,12H,4-7H2,1-3H3,(H,11,14). The van der Waals surface area contributed by atoms with E-state index >= 15 is 0 Å². The third-order valence-electron chi connectivity index (χ3n) is 2.89. The Hall–Kier alpha value is -0.610. The van der Waals surface area contributed by atoms with Crippen molar-refractivity contribution < 1.29 is 4.79 Å². The second-order valence-electron chi connectivity index (χ2n) is 4.04. The fourth-order valence-electron chi connectivity index (χ4n) is 1.98. The molecular formula is C10H21N3O. The third kappa shape index (κ3) is 2.96. The van der Waals surface area contributed by atoms with Crippen LogP contribution in [-0.2, 0) is 4.79 Å². The lowest BCUT2D eigenvalue weighted by molar-refractivity contribution is -0.121. The van der Waals surface area contributed by atoms with Crippen LogP contribution in [0.2, 0.25) is 0 Å². The summed E-state index contributed by atoms with van der Waals surface area (Å²) in [6, 6.07) is 1.06. The van der Waals surface area contributed by atoms with E-state index < -0.39 is 0 Å². The van der Waals surface area contributed by atoms with Crippen LogP contribution in [0.15, 0.2) is 0 Å². The smallest absolute Gasteiger partial charge is 0.235 e. The molecule has 1 aliphatic rings. The molecule has 0 aliphatic carbocycles. The predicted molar refractivity (Wildman–Crippen MR) is 56.7 cm³/mol. The molecule has 2 N–H and O–H groups in total. The van der Waals surface area contributed by atoms with Crippen LogP contribution in [0.1, 0.15) is 33.1 Å². The Balaban J connectivity index is 2.36. The van der Waals surface area contributed by atoms with Crippen molar-refractivity contribution in [2.75, 3.05) is 13.6 Å². The quantitative estimate of drug-likeness (QED) is 0.695. The number of hydrazine groups is 1. The van der Waals surface area contributed by atoms with E-state index in [1.54, 1.807) is 7.05 Å². The van der Waals surface area contributed by atoms with Crippen LogP contribution in [0.3, 0.4) is 0 Å². The predicted octanol–water partition coefficient (Wildman–Crippen LogP) is 0.500. The van der Waals surface area contributed by atoms with E-state index in [2.05, 4.69) is 29.6 Å². The molecule has 0 bridgehead atoms. The van der Waals surface area contributed by atoms with Gasteiger partial charge >= 0.3 is 0 Å². The fourth-order valence-corrected chi connectivity index (χ4v) is 1.98. The van der Waals surface area contributed by atoms with Crippen LogP contribution in [0.25, 0.3) is 0 Å². The summed E-state index contributed by atoms with van der Waals surface area (Å²) in [4.78, 5) is 11.1. The first-order chi connectivity index (χ1) is 6.65. The zero-order valence-electron chi connectivity index (χ0n) is 9.34. The molecule has 1 amide bonds. The van der Waals surface area contributed by atoms with E-state index in [0.29, 0.717) is 18.6 Å². The van der Waals surface area contributed by atoms with Gasteiger partial charge in [0, 0.05) is 19.1 Å². The Kier molecular flexibility index (Phi) is 4.35. The maximum Gasteiger partial charge on any atom is 0.235 e. The number of hydrogen-bond acceptors (Lipinski definition) is 3. The first-order valence-corrected chi connectivity index (χ1v) is 5.37. The van der Waals surface area contributed by atoms with Gasteiger partial charge in [0.1, 0.15) is 0 Å². The van der Waals surface area contributed by atoms with Crippen LogP contribution in [0.5, 0.6) is 0 Å². The monoisotopic (exact) mass is 199 g/mol. The maximum absolute atomic E-state index is 11.1. The van der Waals surface area contributed by atoms with E-state index in [9.17, 15) is 4.79 Å². The molecule has 0 spiro atoms. The summed E-state index contributed by atoms with van der Waals surface area (Å²) < 4.78 is 0. The van der Waals surface area contributed by atoms with Crippen LogP contribution in [0.4, 0.5) is 0 Å². The molecule has 2 unspecified atom stereocenters. The number of likely N-dealkylation sites (N-methyl/N-ethyl adjacent to an activating group) is 1. The molecule has 0 aromatic rings. The van der Waals surface area contributed by atoms with Gasteiger partial charge in [-0.15, -0.1) is 0 Å². The highest BCUT2D eigenvalue weighted by Crippen LogP contribution is 2.19. The number of nitrogens with zero attached hydrogens (tertiary/aromatic N) is 1. The topological polar surface area (TPSA) is 44.4 Å². The summed E-state index contributed by atoms with van der Waals surface area (Å²) in [5, 5.41) is 4.81. The minimum Gasteiger partial charge on any atom is -0.358 e. The second-order valence-corrected chi connectivity index (χ2v) is 4.04. The van der Waals surface area contributed by atoms with Crippen molar-refractivity contribution in [2.45, 2.75) is 45.2 Å². The van der Waals surface area contributed by atoms with Gasteiger partial charge in [-0.1, -0.05) is 6.42 Å². The Labute approximate surface area is 86.0 Å². The SMILES string of the molecule is CNC(=O)CNN1C(C)CCCC1C. The van der Waals surface area contributed by atoms with Crippen LogP contribution < -0.4 is 10.7 Å². The normalized spacial score (nSPS) is 28.8. The van der Waals surface area contributed by atoms with Gasteiger partial charge in [0.15, 0.2) is 0 Å². The molecule has 14 heavy (non-hydrogen) atoms. The Morgan fingerprint density at radius 1 is 1.36 bits per heavy atom. The van der Waals surface area contributed by atoms with Crippen molar-refractivity contribution in [1.29, 1.82) is 0 Å². The minimum absolute atomic E-state index is 0.0370. The van der Waals surface area contributed by atoms with Crippen molar-refractivity contribution in [3.8, 4) is 0 Å². The lowest BCUT2D eigenvalue weighted by atomic mass is 10.00. The van der Waals surface area contributed by atoms with Gasteiger partial charge in [-0.3, -0.25) is 4.79 Å². The van der Waals surface area contributed by atoms with Crippen molar-refractivity contribution >= 4 is 5.91 Å². The number of piperidine rings is 1. The molecule has 1 aliphatic heterocycles. The fraction of sp³-hybridized carbons (Fsp3) is 0.900. The van der Waals surface area contributed by atoms with Gasteiger partial charge in [0.2, 0.25) is 5.91 Å². The van der Waals surface area contributed by atoms with Crippen LogP contribution >= 0.6 is 0 Å². The molecule has 1 heterocycles. The highest BCUT2D eigenvalue weighted by molar-refractivity contribution is 5.77. The van der Waals surface area contributed by atoms with Crippen LogP contribution in [-0.4, -0.2) is 36.6 Å². The van der Waals surface area contributed by atoms with Gasteiger partial charge < -0.3 is 5.32 Å². The lowest BCUT2D eigenvalue weighted by Crippen LogP contribution is -2.54. The van der Waals surface area contributed by atoms with Crippen molar-refractivity contribution in [1.82, 2.24) is 15.8 Å². The lowest BCUT2D eigenvalue weighted by Gasteiger charge is -2.38. The number of nitrogens with one attached hydrogen (secondary N) is 2. The highest BCUT2D eigenvalue weighted by Gasteiger charge is 2.24. The van der Waals surface area contributed by atoms with E-state index in [-0.39, 0.29) is 5.91 Å². The average molecular weight is 199 g/mol. The molecule has 2 atom stereocenters. The van der Waals surface area contributed by atoms with Gasteiger partial charge in [-0.25, -0.2) is 10.4 Å². The summed E-state index contributed by atoms with van der Waals surface area (Å²) in [6.45, 7) is 4.78. The number of amides is 1. The van der Waals surface area contributed by atoms with Gasteiger partial charge in [0.25, 0.3) is 0 Å². The zero-order chi connectivity index (χ0) is 10.6. The average Bonchev–Trinajstić information content (AvgIpc) is 2.16. The molecule has 1 rings (SSSR count). The number of hydrogen-bond donors (Lipinski definition) is 2. The largest absolute Gasteiger partial charge is 0.358 e. The maximum atomic E-state index is 11.1. The number of carbonyl (C=O) groups is 1. The minimum atomic E-state index is 0.0370. The third-order valence-corrected chi connectivity index (χ3v) is 2.89. The summed E-state index contributed by atoms with van der Waals surface area (Å²) in [5.41, 5.74) is 3.19. The molecule has 1 saturated heterocycles. The first kappa shape index (κ1) is 11.5. The van der Waals surface area contributed by atoms with Gasteiger partial charge in [-0.05, 0) is 26.7 Å². The van der Waals surface area contributed by atoms with Crippen molar-refractivity contribution in [2.24, 2.45) is 0 Å². The molecule has 82 valence electrons. The Bertz CT molecular complexity index is 186. The van der Waals surface area contributed by atoms with E-state index in [1.807, 2.05) is 0 Å². The molecule has 0 saturated carbocycles.